The zero-order chi connectivity index (χ0) is 51.2. The first-order chi connectivity index (χ1) is 30.4. The molecule has 3 aliphatic rings. The quantitative estimate of drug-likeness (QED) is 0.131. The summed E-state index contributed by atoms with van der Waals surface area (Å²) in [6.07, 6.45) is -21.7. The van der Waals surface area contributed by atoms with Gasteiger partial charge < -0.3 is 94.7 Å². The van der Waals surface area contributed by atoms with Gasteiger partial charge in [0.2, 0.25) is 0 Å². The van der Waals surface area contributed by atoms with Crippen LogP contribution in [-0.4, -0.2) is 183 Å². The third kappa shape index (κ3) is 19.1. The van der Waals surface area contributed by atoms with Crippen LogP contribution in [0.15, 0.2) is 0 Å². The lowest BCUT2D eigenvalue weighted by Crippen LogP contribution is -2.70. The number of aliphatic hydroxyl groups is 5. The molecule has 0 aromatic rings. The molecular weight excluding hydrogens is 890 g/mol. The largest absolute Gasteiger partial charge is 0.444 e. The molecule has 0 aromatic heterocycles. The van der Waals surface area contributed by atoms with E-state index in [9.17, 15) is 49.5 Å². The molecule has 0 bridgehead atoms. The van der Waals surface area contributed by atoms with Crippen LogP contribution in [0.4, 0.5) is 24.0 Å². The molecule has 10 N–H and O–H groups in total. The number of amides is 5. The molecule has 3 rings (SSSR count). The number of aliphatic hydroxyl groups excluding tert-OH is 5. The molecule has 2 aliphatic heterocycles. The highest BCUT2D eigenvalue weighted by atomic mass is 16.7. The fourth-order valence-electron chi connectivity index (χ4n) is 7.15. The molecule has 24 nitrogen and oxygen atoms in total. The third-order valence-electron chi connectivity index (χ3n) is 9.64. The highest BCUT2D eigenvalue weighted by molar-refractivity contribution is 5.70. The Hall–Kier alpha value is -4.01. The molecule has 1 aliphatic carbocycles. The number of alkyl carbamates (subject to hydrolysis) is 5. The van der Waals surface area contributed by atoms with Crippen molar-refractivity contribution in [3.8, 4) is 0 Å². The maximum absolute atomic E-state index is 13.5. The smallest absolute Gasteiger partial charge is 0.408 e. The number of rotatable bonds is 11. The Balaban J connectivity index is 2.14. The molecule has 2 heterocycles. The first-order valence-corrected chi connectivity index (χ1v) is 22.3. The van der Waals surface area contributed by atoms with Gasteiger partial charge in [-0.05, 0) is 110 Å². The van der Waals surface area contributed by atoms with Crippen molar-refractivity contribution in [2.75, 3.05) is 13.2 Å². The zero-order valence-electron chi connectivity index (χ0n) is 41.4. The highest BCUT2D eigenvalue weighted by Gasteiger charge is 2.54. The highest BCUT2D eigenvalue weighted by Crippen LogP contribution is 2.34. The molecule has 14 atom stereocenters. The lowest BCUT2D eigenvalue weighted by atomic mass is 9.83. The van der Waals surface area contributed by atoms with Crippen molar-refractivity contribution >= 4 is 30.5 Å². The van der Waals surface area contributed by atoms with Crippen molar-refractivity contribution in [3.63, 3.8) is 0 Å². The van der Waals surface area contributed by atoms with Gasteiger partial charge in [0.1, 0.15) is 70.7 Å². The van der Waals surface area contributed by atoms with E-state index in [1.807, 2.05) is 0 Å². The van der Waals surface area contributed by atoms with Crippen molar-refractivity contribution < 1.29 is 92.1 Å². The van der Waals surface area contributed by atoms with Crippen LogP contribution in [0.5, 0.6) is 0 Å². The second-order valence-corrected chi connectivity index (χ2v) is 21.8. The summed E-state index contributed by atoms with van der Waals surface area (Å²) in [7, 11) is 0. The lowest BCUT2D eigenvalue weighted by molar-refractivity contribution is -0.318. The minimum absolute atomic E-state index is 0.251. The summed E-state index contributed by atoms with van der Waals surface area (Å²) < 4.78 is 51.9. The van der Waals surface area contributed by atoms with Gasteiger partial charge >= 0.3 is 30.5 Å². The SMILES string of the molecule is CC(C)(C)OC(=O)NC[C@H]1O[C@H](OC2C(O)[C@H](O[C@H]3OC(CO)[C@@H](O)[C@H](NC(=O)OC(C)(C)C)C3O)[C@H](NC(=O)OC(C)(C)C)C[C@@H]2NC(=O)OC(C)(C)C)C(NC(=O)OC(C)(C)C)C[C@@H]1O. The predicted molar refractivity (Wildman–Crippen MR) is 234 cm³/mol. The van der Waals surface area contributed by atoms with Crippen molar-refractivity contribution in [1.82, 2.24) is 26.6 Å². The Bertz CT molecular complexity index is 1670. The van der Waals surface area contributed by atoms with Gasteiger partial charge in [-0.15, -0.1) is 0 Å². The van der Waals surface area contributed by atoms with Crippen molar-refractivity contribution in [2.24, 2.45) is 0 Å². The van der Waals surface area contributed by atoms with Crippen LogP contribution < -0.4 is 26.6 Å². The Morgan fingerprint density at radius 1 is 0.478 bits per heavy atom. The fraction of sp³-hybridized carbons (Fsp3) is 0.884. The van der Waals surface area contributed by atoms with Crippen LogP contribution >= 0.6 is 0 Å². The molecule has 5 amide bonds. The number of ether oxygens (including phenoxy) is 9. The minimum Gasteiger partial charge on any atom is -0.444 e. The normalized spacial score (nSPS) is 31.9. The molecule has 0 aromatic carbocycles. The Morgan fingerprint density at radius 3 is 1.27 bits per heavy atom. The number of carbonyl (C=O) groups is 5. The Labute approximate surface area is 392 Å². The molecular formula is C43H77N5O19. The molecule has 3 fully saturated rings. The van der Waals surface area contributed by atoms with Gasteiger partial charge in [-0.3, -0.25) is 0 Å². The molecule has 388 valence electrons. The van der Waals surface area contributed by atoms with Gasteiger partial charge in [-0.2, -0.15) is 0 Å². The third-order valence-corrected chi connectivity index (χ3v) is 9.64. The molecule has 0 spiro atoms. The van der Waals surface area contributed by atoms with Gasteiger partial charge in [0, 0.05) is 13.0 Å². The van der Waals surface area contributed by atoms with Gasteiger partial charge in [0.05, 0.1) is 36.9 Å². The van der Waals surface area contributed by atoms with Gasteiger partial charge in [0.15, 0.2) is 12.6 Å². The van der Waals surface area contributed by atoms with Gasteiger partial charge in [-0.25, -0.2) is 24.0 Å². The molecule has 2 saturated heterocycles. The molecule has 67 heavy (non-hydrogen) atoms. The standard InChI is InChI=1S/C43H77N5O19/c1-39(2,3)63-34(54)44-18-24-23(50)17-22(47-37(57)66-42(10,11)12)32(59-24)61-30-20(45-35(55)64-40(4,5)6)16-21(46-36(56)65-41(7,8)9)31(29(30)53)62-33-28(52)26(27(51)25(19-49)60-33)48-38(58)67-43(13,14)15/h20-33,49-53H,16-19H2,1-15H3,(H,44,54)(H,45,55)(H,46,56)(H,47,57)(H,48,58)/t20-,21+,22?,23-,24+,25?,26-,27+,28?,29?,30?,31+,32+,33+/m0/s1. The van der Waals surface area contributed by atoms with E-state index in [1.165, 1.54) is 0 Å². The summed E-state index contributed by atoms with van der Waals surface area (Å²) in [4.78, 5) is 65.6. The monoisotopic (exact) mass is 968 g/mol. The second kappa shape index (κ2) is 22.6. The topological polar surface area (TPSA) is 330 Å². The number of nitrogens with one attached hydrogen (secondary N) is 5. The van der Waals surface area contributed by atoms with Crippen molar-refractivity contribution in [2.45, 2.75) is 230 Å². The molecule has 5 unspecified atom stereocenters. The van der Waals surface area contributed by atoms with Crippen molar-refractivity contribution in [3.05, 3.63) is 0 Å². The van der Waals surface area contributed by atoms with Gasteiger partial charge in [-0.1, -0.05) is 0 Å². The number of carbonyl (C=O) groups excluding carboxylic acids is 5. The molecule has 0 radical (unpaired) electrons. The van der Waals surface area contributed by atoms with Crippen molar-refractivity contribution in [1.29, 1.82) is 0 Å². The van der Waals surface area contributed by atoms with E-state index in [0.717, 1.165) is 0 Å². The van der Waals surface area contributed by atoms with E-state index in [4.69, 9.17) is 42.6 Å². The Kier molecular flexibility index (Phi) is 19.3. The maximum atomic E-state index is 13.5. The summed E-state index contributed by atoms with van der Waals surface area (Å²) in [5.74, 6) is 0. The predicted octanol–water partition coefficient (Wildman–Crippen LogP) is 1.53. The van der Waals surface area contributed by atoms with E-state index >= 15 is 0 Å². The van der Waals surface area contributed by atoms with E-state index in [2.05, 4.69) is 26.6 Å². The number of hydrogen-bond donors (Lipinski definition) is 10. The Morgan fingerprint density at radius 2 is 0.851 bits per heavy atom. The van der Waals surface area contributed by atoms with Crippen LogP contribution in [0.2, 0.25) is 0 Å². The lowest BCUT2D eigenvalue weighted by Gasteiger charge is -2.49. The van der Waals surface area contributed by atoms with E-state index in [-0.39, 0.29) is 19.4 Å². The average molecular weight is 968 g/mol. The van der Waals surface area contributed by atoms with E-state index < -0.39 is 151 Å². The van der Waals surface area contributed by atoms with Crippen LogP contribution in [0.25, 0.3) is 0 Å². The number of hydrogen-bond acceptors (Lipinski definition) is 19. The molecule has 1 saturated carbocycles. The minimum atomic E-state index is -1.96. The van der Waals surface area contributed by atoms with Crippen LogP contribution in [-0.2, 0) is 42.6 Å². The zero-order valence-corrected chi connectivity index (χ0v) is 41.4. The second-order valence-electron chi connectivity index (χ2n) is 21.8. The fourth-order valence-corrected chi connectivity index (χ4v) is 7.15. The first-order valence-electron chi connectivity index (χ1n) is 22.3. The van der Waals surface area contributed by atoms with E-state index in [0.29, 0.717) is 0 Å². The van der Waals surface area contributed by atoms with Crippen LogP contribution in [0, 0.1) is 0 Å². The first kappa shape index (κ1) is 57.3. The van der Waals surface area contributed by atoms with Gasteiger partial charge in [0.25, 0.3) is 0 Å². The summed E-state index contributed by atoms with van der Waals surface area (Å²) in [5.41, 5.74) is -4.84. The van der Waals surface area contributed by atoms with Crippen LogP contribution in [0.1, 0.15) is 117 Å². The summed E-state index contributed by atoms with van der Waals surface area (Å²) >= 11 is 0. The average Bonchev–Trinajstić information content (AvgIpc) is 3.10. The summed E-state index contributed by atoms with van der Waals surface area (Å²) in [6.45, 7) is 23.2. The molecule has 24 heteroatoms. The maximum Gasteiger partial charge on any atom is 0.408 e. The van der Waals surface area contributed by atoms with E-state index in [1.54, 1.807) is 104 Å². The van der Waals surface area contributed by atoms with Crippen LogP contribution in [0.3, 0.4) is 0 Å². The summed E-state index contributed by atoms with van der Waals surface area (Å²) in [5, 5.41) is 69.5. The summed E-state index contributed by atoms with van der Waals surface area (Å²) in [6, 6.07) is -5.42.